The zero-order valence-corrected chi connectivity index (χ0v) is 10.5. The molecule has 0 aliphatic heterocycles. The van der Waals surface area contributed by atoms with Crippen molar-refractivity contribution in [1.29, 1.82) is 0 Å². The molecule has 1 aromatic carbocycles. The van der Waals surface area contributed by atoms with Crippen LogP contribution in [0.1, 0.15) is 19.4 Å². The van der Waals surface area contributed by atoms with E-state index in [4.69, 9.17) is 10.5 Å². The van der Waals surface area contributed by atoms with E-state index in [9.17, 15) is 18.0 Å². The summed E-state index contributed by atoms with van der Waals surface area (Å²) in [5, 5.41) is 2.64. The number of hydrogen-bond acceptors (Lipinski definition) is 4. The number of carbonyl (C=O) groups excluding carboxylic acids is 1. The first-order valence-corrected chi connectivity index (χ1v) is 5.65. The SMILES string of the molecule is CCOC(=O)C(C)Nc1ccc(N)c(C(F)(F)F)c1. The van der Waals surface area contributed by atoms with Crippen LogP contribution in [0.4, 0.5) is 24.5 Å². The molecule has 106 valence electrons. The molecule has 0 bridgehead atoms. The predicted molar refractivity (Wildman–Crippen MR) is 65.6 cm³/mol. The van der Waals surface area contributed by atoms with Crippen LogP contribution in [0.25, 0.3) is 0 Å². The lowest BCUT2D eigenvalue weighted by Crippen LogP contribution is -2.28. The molecular weight excluding hydrogens is 261 g/mol. The molecule has 0 aliphatic carbocycles. The Balaban J connectivity index is 2.89. The Bertz CT molecular complexity index is 461. The molecular formula is C12H15F3N2O2. The minimum Gasteiger partial charge on any atom is -0.464 e. The monoisotopic (exact) mass is 276 g/mol. The summed E-state index contributed by atoms with van der Waals surface area (Å²) in [4.78, 5) is 11.4. The van der Waals surface area contributed by atoms with Crippen LogP contribution < -0.4 is 11.1 Å². The molecule has 1 rings (SSSR count). The van der Waals surface area contributed by atoms with Gasteiger partial charge in [0.25, 0.3) is 0 Å². The molecule has 0 radical (unpaired) electrons. The van der Waals surface area contributed by atoms with Crippen LogP contribution in [-0.2, 0) is 15.7 Å². The van der Waals surface area contributed by atoms with Crippen LogP contribution in [0, 0.1) is 0 Å². The Kier molecular flexibility index (Phi) is 4.63. The molecule has 7 heteroatoms. The molecule has 1 aromatic rings. The second kappa shape index (κ2) is 5.81. The van der Waals surface area contributed by atoms with Gasteiger partial charge < -0.3 is 15.8 Å². The first kappa shape index (κ1) is 15.1. The van der Waals surface area contributed by atoms with E-state index in [0.717, 1.165) is 12.1 Å². The van der Waals surface area contributed by atoms with E-state index in [1.807, 2.05) is 0 Å². The zero-order chi connectivity index (χ0) is 14.6. The number of nitrogen functional groups attached to an aromatic ring is 1. The Labute approximate surface area is 108 Å². The Morgan fingerprint density at radius 3 is 2.63 bits per heavy atom. The summed E-state index contributed by atoms with van der Waals surface area (Å²) < 4.78 is 42.7. The Morgan fingerprint density at radius 1 is 1.47 bits per heavy atom. The highest BCUT2D eigenvalue weighted by molar-refractivity contribution is 5.79. The maximum absolute atomic E-state index is 12.6. The first-order valence-electron chi connectivity index (χ1n) is 5.65. The molecule has 0 aromatic heterocycles. The average molecular weight is 276 g/mol. The van der Waals surface area contributed by atoms with E-state index >= 15 is 0 Å². The standard InChI is InChI=1S/C12H15F3N2O2/c1-3-19-11(18)7(2)17-8-4-5-10(16)9(6-8)12(13,14)15/h4-7,17H,3,16H2,1-2H3. The van der Waals surface area contributed by atoms with Gasteiger partial charge in [0.1, 0.15) is 6.04 Å². The number of anilines is 2. The van der Waals surface area contributed by atoms with Gasteiger partial charge in [-0.3, -0.25) is 0 Å². The fourth-order valence-electron chi connectivity index (χ4n) is 1.47. The van der Waals surface area contributed by atoms with Crippen LogP contribution >= 0.6 is 0 Å². The van der Waals surface area contributed by atoms with Crippen LogP contribution in [0.2, 0.25) is 0 Å². The summed E-state index contributed by atoms with van der Waals surface area (Å²) in [6, 6.07) is 2.64. The van der Waals surface area contributed by atoms with Crippen molar-refractivity contribution in [1.82, 2.24) is 0 Å². The highest BCUT2D eigenvalue weighted by atomic mass is 19.4. The molecule has 0 aliphatic rings. The summed E-state index contributed by atoms with van der Waals surface area (Å²) in [7, 11) is 0. The van der Waals surface area contributed by atoms with E-state index in [0.29, 0.717) is 0 Å². The van der Waals surface area contributed by atoms with Gasteiger partial charge in [0.2, 0.25) is 0 Å². The topological polar surface area (TPSA) is 64.3 Å². The predicted octanol–water partition coefficient (Wildman–Crippen LogP) is 2.65. The van der Waals surface area contributed by atoms with Crippen molar-refractivity contribution >= 4 is 17.3 Å². The van der Waals surface area contributed by atoms with Gasteiger partial charge >= 0.3 is 12.1 Å². The lowest BCUT2D eigenvalue weighted by atomic mass is 10.1. The highest BCUT2D eigenvalue weighted by Gasteiger charge is 2.33. The van der Waals surface area contributed by atoms with Crippen LogP contribution in [0.5, 0.6) is 0 Å². The molecule has 0 spiro atoms. The number of alkyl halides is 3. The number of nitrogens with one attached hydrogen (secondary N) is 1. The smallest absolute Gasteiger partial charge is 0.418 e. The summed E-state index contributed by atoms with van der Waals surface area (Å²) in [5.74, 6) is -0.534. The van der Waals surface area contributed by atoms with Crippen LogP contribution in [0.3, 0.4) is 0 Å². The van der Waals surface area contributed by atoms with Gasteiger partial charge in [0, 0.05) is 11.4 Å². The van der Waals surface area contributed by atoms with Gasteiger partial charge in [-0.05, 0) is 32.0 Å². The largest absolute Gasteiger partial charge is 0.464 e. The quantitative estimate of drug-likeness (QED) is 0.655. The molecule has 0 saturated carbocycles. The normalized spacial score (nSPS) is 12.9. The zero-order valence-electron chi connectivity index (χ0n) is 10.5. The highest BCUT2D eigenvalue weighted by Crippen LogP contribution is 2.35. The van der Waals surface area contributed by atoms with Crippen molar-refractivity contribution in [2.45, 2.75) is 26.1 Å². The molecule has 4 nitrogen and oxygen atoms in total. The van der Waals surface area contributed by atoms with Crippen LogP contribution in [-0.4, -0.2) is 18.6 Å². The fraction of sp³-hybridized carbons (Fsp3) is 0.417. The third-order valence-electron chi connectivity index (χ3n) is 2.38. The van der Waals surface area contributed by atoms with E-state index in [1.54, 1.807) is 6.92 Å². The van der Waals surface area contributed by atoms with Gasteiger partial charge in [0.15, 0.2) is 0 Å². The number of ether oxygens (including phenoxy) is 1. The maximum Gasteiger partial charge on any atom is 0.418 e. The third kappa shape index (κ3) is 4.04. The van der Waals surface area contributed by atoms with Crippen molar-refractivity contribution in [3.8, 4) is 0 Å². The summed E-state index contributed by atoms with van der Waals surface area (Å²) in [5.41, 5.74) is 4.13. The molecule has 3 N–H and O–H groups in total. The molecule has 0 heterocycles. The van der Waals surface area contributed by atoms with E-state index in [1.165, 1.54) is 13.0 Å². The number of halogens is 3. The Hall–Kier alpha value is -1.92. The van der Waals surface area contributed by atoms with Crippen LogP contribution in [0.15, 0.2) is 18.2 Å². The maximum atomic E-state index is 12.6. The molecule has 0 amide bonds. The average Bonchev–Trinajstić information content (AvgIpc) is 2.30. The number of hydrogen-bond donors (Lipinski definition) is 2. The Morgan fingerprint density at radius 2 is 2.11 bits per heavy atom. The first-order chi connectivity index (χ1) is 8.75. The van der Waals surface area contributed by atoms with E-state index < -0.39 is 23.8 Å². The summed E-state index contributed by atoms with van der Waals surface area (Å²) >= 11 is 0. The van der Waals surface area contributed by atoms with Gasteiger partial charge in [-0.15, -0.1) is 0 Å². The second-order valence-electron chi connectivity index (χ2n) is 3.92. The number of benzene rings is 1. The number of esters is 1. The van der Waals surface area contributed by atoms with Gasteiger partial charge in [-0.2, -0.15) is 13.2 Å². The fourth-order valence-corrected chi connectivity index (χ4v) is 1.47. The summed E-state index contributed by atoms with van der Waals surface area (Å²) in [6.45, 7) is 3.36. The molecule has 0 fully saturated rings. The lowest BCUT2D eigenvalue weighted by molar-refractivity contribution is -0.143. The third-order valence-corrected chi connectivity index (χ3v) is 2.38. The minimum atomic E-state index is -4.53. The lowest BCUT2D eigenvalue weighted by Gasteiger charge is -2.16. The summed E-state index contributed by atoms with van der Waals surface area (Å²) in [6.07, 6.45) is -4.53. The van der Waals surface area contributed by atoms with Gasteiger partial charge in [-0.1, -0.05) is 0 Å². The van der Waals surface area contributed by atoms with Gasteiger partial charge in [-0.25, -0.2) is 4.79 Å². The van der Waals surface area contributed by atoms with Crippen molar-refractivity contribution in [3.63, 3.8) is 0 Å². The molecule has 19 heavy (non-hydrogen) atoms. The van der Waals surface area contributed by atoms with Crippen molar-refractivity contribution in [2.24, 2.45) is 0 Å². The van der Waals surface area contributed by atoms with E-state index in [2.05, 4.69) is 5.32 Å². The molecule has 1 unspecified atom stereocenters. The van der Waals surface area contributed by atoms with E-state index in [-0.39, 0.29) is 18.0 Å². The number of carbonyl (C=O) groups is 1. The molecule has 1 atom stereocenters. The van der Waals surface area contributed by atoms with Crippen molar-refractivity contribution in [3.05, 3.63) is 23.8 Å². The van der Waals surface area contributed by atoms with Crippen molar-refractivity contribution in [2.75, 3.05) is 17.7 Å². The second-order valence-corrected chi connectivity index (χ2v) is 3.92. The van der Waals surface area contributed by atoms with Gasteiger partial charge in [0.05, 0.1) is 12.2 Å². The van der Waals surface area contributed by atoms with Crippen molar-refractivity contribution < 1.29 is 22.7 Å². The number of nitrogens with two attached hydrogens (primary N) is 1. The molecule has 0 saturated heterocycles. The number of rotatable bonds is 4. The minimum absolute atomic E-state index is 0.155.